The average Bonchev–Trinajstić information content (AvgIpc) is 3.56. The summed E-state index contributed by atoms with van der Waals surface area (Å²) in [6, 6.07) is 14.4. The molecular weight excluding hydrogens is 889 g/mol. The summed E-state index contributed by atoms with van der Waals surface area (Å²) in [6.07, 6.45) is 24.9. The second-order valence-electron chi connectivity index (χ2n) is 18.6. The first-order valence-electron chi connectivity index (χ1n) is 21.1. The number of nitrogens with zero attached hydrogens (tertiary/aromatic N) is 2. The van der Waals surface area contributed by atoms with Crippen LogP contribution in [-0.2, 0) is 30.0 Å². The zero-order valence-corrected chi connectivity index (χ0v) is 38.7. The summed E-state index contributed by atoms with van der Waals surface area (Å²) in [7, 11) is -0.323. The van der Waals surface area contributed by atoms with Gasteiger partial charge in [0.1, 0.15) is 5.57 Å². The molecule has 0 radical (unpaired) electrons. The first-order chi connectivity index (χ1) is 25.1. The normalized spacial score (nSPS) is 31.5. The van der Waals surface area contributed by atoms with Crippen LogP contribution in [0.3, 0.4) is 0 Å². The van der Waals surface area contributed by atoms with Crippen molar-refractivity contribution < 1.29 is 53.9 Å². The standard InChI is InChI=1S/C35H49N2P.C8H7O.C4H10O.HI.Pd/c1-22(2)30-6-5-7-31(23(3)4)32(30)37-9-8-36-33(37)38(34-16-24-10-25(17-34)12-26(11-24)18-34)35-19-27-13-28(20-35)15-29(14-27)21-35;1-7-2-4-8(6-9)5-3-7;1-3-5-4-2;;/h5-9,22-29H,10-21H2,1-4H3;2-5H,1H3;3-4H2,1-2H3;1H;/q;-1;;;+2/p-1. The smallest absolute Gasteiger partial charge is 1.00 e. The van der Waals surface area contributed by atoms with Crippen molar-refractivity contribution in [3.05, 3.63) is 77.1 Å². The maximum Gasteiger partial charge on any atom is 2.00 e. The van der Waals surface area contributed by atoms with Gasteiger partial charge in [0.15, 0.2) is 0 Å². The van der Waals surface area contributed by atoms with Gasteiger partial charge in [-0.25, -0.2) is 4.98 Å². The van der Waals surface area contributed by atoms with Crippen molar-refractivity contribution in [1.29, 1.82) is 0 Å². The minimum atomic E-state index is -0.323. The number of aryl methyl sites for hydroxylation is 1. The number of hydrogen-bond acceptors (Lipinski definition) is 3. The second kappa shape index (κ2) is 18.8. The molecule has 298 valence electrons. The minimum absolute atomic E-state index is 0. The number of imidazole rings is 1. The van der Waals surface area contributed by atoms with Gasteiger partial charge in [-0.3, -0.25) is 4.57 Å². The quantitative estimate of drug-likeness (QED) is 0.0935. The molecule has 1 heterocycles. The van der Waals surface area contributed by atoms with Gasteiger partial charge in [0.2, 0.25) is 0 Å². The zero-order valence-electron chi connectivity index (χ0n) is 34.1. The Hall–Kier alpha value is -0.898. The van der Waals surface area contributed by atoms with Gasteiger partial charge in [-0.2, -0.15) is 17.7 Å². The monoisotopic (exact) mass is 954 g/mol. The number of benzene rings is 2. The number of rotatable bonds is 9. The summed E-state index contributed by atoms with van der Waals surface area (Å²) in [4.78, 5) is 15.5. The Balaban J connectivity index is 0.000000299. The van der Waals surface area contributed by atoms with Gasteiger partial charge in [-0.1, -0.05) is 51.5 Å². The third-order valence-electron chi connectivity index (χ3n) is 13.9. The number of para-hydroxylation sites is 1. The SMILES string of the molecule is CC(C)c1cccc(C(C)C)c1-n1ccnc1P(C12CC3CC(CC(C3)C1)C2)C12CC3CC(CC(C3)C1)C2.CCOCC.Cc1ccc([C-]=O)cc1.[I-].[Pd+2]. The van der Waals surface area contributed by atoms with Crippen molar-refractivity contribution in [2.24, 2.45) is 35.5 Å². The van der Waals surface area contributed by atoms with Crippen LogP contribution in [0.1, 0.15) is 153 Å². The Bertz CT molecular complexity index is 1530. The summed E-state index contributed by atoms with van der Waals surface area (Å²) in [6.45, 7) is 17.2. The van der Waals surface area contributed by atoms with E-state index >= 15 is 0 Å². The number of aromatic nitrogens is 2. The van der Waals surface area contributed by atoms with Crippen molar-refractivity contribution in [3.8, 4) is 5.69 Å². The molecule has 8 aliphatic rings. The molecule has 0 atom stereocenters. The Kier molecular flexibility index (Phi) is 15.4. The molecule has 0 N–H and O–H groups in total. The predicted octanol–water partition coefficient (Wildman–Crippen LogP) is 8.66. The molecule has 11 rings (SSSR count). The fraction of sp³-hybridized carbons (Fsp3) is 0.660. The van der Waals surface area contributed by atoms with Gasteiger partial charge in [0.25, 0.3) is 0 Å². The second-order valence-corrected chi connectivity index (χ2v) is 21.5. The number of carbonyl (C=O) groups excluding carboxylic acids is 1. The van der Waals surface area contributed by atoms with Crippen LogP contribution in [0.5, 0.6) is 0 Å². The van der Waals surface area contributed by atoms with E-state index in [4.69, 9.17) is 9.72 Å². The molecule has 1 aromatic heterocycles. The van der Waals surface area contributed by atoms with Gasteiger partial charge in [0.05, 0.1) is 12.0 Å². The molecule has 0 unspecified atom stereocenters. The number of ether oxygens (including phenoxy) is 1. The molecule has 3 aromatic rings. The zero-order chi connectivity index (χ0) is 36.6. The third kappa shape index (κ3) is 9.04. The molecule has 0 saturated heterocycles. The maximum absolute atomic E-state index is 9.99. The largest absolute Gasteiger partial charge is 2.00 e. The third-order valence-corrected chi connectivity index (χ3v) is 17.7. The van der Waals surface area contributed by atoms with E-state index < -0.39 is 0 Å². The van der Waals surface area contributed by atoms with Crippen molar-refractivity contribution in [2.75, 3.05) is 13.2 Å². The molecule has 54 heavy (non-hydrogen) atoms. The van der Waals surface area contributed by atoms with E-state index in [9.17, 15) is 4.79 Å². The molecule has 4 nitrogen and oxygen atoms in total. The fourth-order valence-electron chi connectivity index (χ4n) is 12.9. The summed E-state index contributed by atoms with van der Waals surface area (Å²) >= 11 is 0. The molecule has 8 saturated carbocycles. The minimum Gasteiger partial charge on any atom is -1.00 e. The van der Waals surface area contributed by atoms with Crippen molar-refractivity contribution in [2.45, 2.75) is 148 Å². The number of halogens is 1. The van der Waals surface area contributed by atoms with Crippen molar-refractivity contribution >= 4 is 19.8 Å². The molecule has 8 fully saturated rings. The number of hydrogen-bond donors (Lipinski definition) is 0. The summed E-state index contributed by atoms with van der Waals surface area (Å²) in [5.41, 5.74) is 7.84. The molecule has 0 spiro atoms. The van der Waals surface area contributed by atoms with E-state index in [1.165, 1.54) is 55.3 Å². The van der Waals surface area contributed by atoms with E-state index in [-0.39, 0.29) is 52.3 Å². The van der Waals surface area contributed by atoms with E-state index in [1.54, 1.807) is 62.5 Å². The van der Waals surface area contributed by atoms with E-state index in [1.807, 2.05) is 32.9 Å². The van der Waals surface area contributed by atoms with Gasteiger partial charge in [0, 0.05) is 25.6 Å². The first-order valence-corrected chi connectivity index (χ1v) is 22.4. The Morgan fingerprint density at radius 1 is 0.741 bits per heavy atom. The Morgan fingerprint density at radius 2 is 1.15 bits per heavy atom. The van der Waals surface area contributed by atoms with Crippen molar-refractivity contribution in [3.63, 3.8) is 0 Å². The average molecular weight is 955 g/mol. The first kappa shape index (κ1) is 44.2. The van der Waals surface area contributed by atoms with E-state index in [0.717, 1.165) is 54.3 Å². The molecule has 7 heteroatoms. The van der Waals surface area contributed by atoms with Crippen LogP contribution >= 0.6 is 7.92 Å². The van der Waals surface area contributed by atoms with E-state index in [2.05, 4.69) is 62.9 Å². The van der Waals surface area contributed by atoms with Crippen molar-refractivity contribution in [1.82, 2.24) is 9.55 Å². The molecule has 0 amide bonds. The van der Waals surface area contributed by atoms with Crippen LogP contribution in [-0.4, -0.2) is 39.4 Å². The summed E-state index contributed by atoms with van der Waals surface area (Å²) in [5, 5.41) is 1.12. The molecule has 2 aromatic carbocycles. The van der Waals surface area contributed by atoms with E-state index in [0.29, 0.717) is 27.7 Å². The Morgan fingerprint density at radius 3 is 1.48 bits per heavy atom. The van der Waals surface area contributed by atoms with Crippen LogP contribution in [0.2, 0.25) is 0 Å². The topological polar surface area (TPSA) is 44.1 Å². The van der Waals surface area contributed by atoms with Crippen LogP contribution in [0.4, 0.5) is 0 Å². The van der Waals surface area contributed by atoms with Crippen LogP contribution in [0.15, 0.2) is 54.9 Å². The van der Waals surface area contributed by atoms with Gasteiger partial charge >= 0.3 is 20.4 Å². The molecular formula is C47H66IN2O2PPd. The van der Waals surface area contributed by atoms with Crippen LogP contribution in [0.25, 0.3) is 5.69 Å². The van der Waals surface area contributed by atoms with Crippen LogP contribution in [0, 0.1) is 42.4 Å². The summed E-state index contributed by atoms with van der Waals surface area (Å²) in [5.74, 6) is 7.11. The fourth-order valence-corrected chi connectivity index (χ4v) is 17.9. The van der Waals surface area contributed by atoms with Crippen LogP contribution < -0.4 is 29.5 Å². The van der Waals surface area contributed by atoms with Gasteiger partial charge in [-0.15, -0.1) is 12.1 Å². The molecule has 8 aliphatic carbocycles. The summed E-state index contributed by atoms with van der Waals surface area (Å²) < 4.78 is 7.54. The molecule has 8 bridgehead atoms. The molecule has 0 aliphatic heterocycles. The maximum atomic E-state index is 9.99. The Labute approximate surface area is 360 Å². The predicted molar refractivity (Wildman–Crippen MR) is 218 cm³/mol. The van der Waals surface area contributed by atoms with Gasteiger partial charge in [-0.05, 0) is 175 Å². The van der Waals surface area contributed by atoms with Gasteiger partial charge < -0.3 is 33.5 Å².